The van der Waals surface area contributed by atoms with Crippen LogP contribution in [0.15, 0.2) is 0 Å². The molecule has 2 heteroatoms. The molecule has 1 aliphatic rings. The van der Waals surface area contributed by atoms with E-state index < -0.39 is 0 Å². The Morgan fingerprint density at radius 3 is 2.27 bits per heavy atom. The van der Waals surface area contributed by atoms with Gasteiger partial charge in [0, 0.05) is 13.2 Å². The third kappa shape index (κ3) is 4.12. The molecule has 2 atom stereocenters. The van der Waals surface area contributed by atoms with Gasteiger partial charge < -0.3 is 9.84 Å². The predicted octanol–water partition coefficient (Wildman–Crippen LogP) is 2.85. The van der Waals surface area contributed by atoms with E-state index in [9.17, 15) is 5.11 Å². The summed E-state index contributed by atoms with van der Waals surface area (Å²) in [7, 11) is 0. The Hall–Kier alpha value is -0.0800. The molecule has 0 amide bonds. The topological polar surface area (TPSA) is 29.5 Å². The van der Waals surface area contributed by atoms with E-state index in [-0.39, 0.29) is 6.10 Å². The summed E-state index contributed by atoms with van der Waals surface area (Å²) in [5, 5.41) is 10.2. The smallest absolute Gasteiger partial charge is 0.0572 e. The Morgan fingerprint density at radius 1 is 1.27 bits per heavy atom. The van der Waals surface area contributed by atoms with E-state index in [0.717, 1.165) is 32.5 Å². The lowest BCUT2D eigenvalue weighted by molar-refractivity contribution is -0.00742. The number of hydrogen-bond acceptors (Lipinski definition) is 2. The van der Waals surface area contributed by atoms with Crippen LogP contribution in [0.3, 0.4) is 0 Å². The third-order valence-corrected chi connectivity index (χ3v) is 3.88. The Labute approximate surface area is 94.0 Å². The molecule has 0 spiro atoms. The zero-order valence-corrected chi connectivity index (χ0v) is 10.6. The molecule has 15 heavy (non-hydrogen) atoms. The Bertz CT molecular complexity index is 177. The van der Waals surface area contributed by atoms with Gasteiger partial charge in [0.15, 0.2) is 0 Å². The van der Waals surface area contributed by atoms with Crippen molar-refractivity contribution in [3.63, 3.8) is 0 Å². The minimum atomic E-state index is -0.136. The van der Waals surface area contributed by atoms with Crippen molar-refractivity contribution in [2.45, 2.75) is 53.1 Å². The monoisotopic (exact) mass is 214 g/mol. The maximum Gasteiger partial charge on any atom is 0.0572 e. The molecule has 1 rings (SSSR count). The van der Waals surface area contributed by atoms with Gasteiger partial charge in [-0.3, -0.25) is 0 Å². The lowest BCUT2D eigenvalue weighted by Gasteiger charge is -2.33. The second-order valence-electron chi connectivity index (χ2n) is 6.02. The molecule has 2 nitrogen and oxygen atoms in total. The highest BCUT2D eigenvalue weighted by molar-refractivity contribution is 4.78. The Balaban J connectivity index is 2.36. The minimum absolute atomic E-state index is 0.136. The van der Waals surface area contributed by atoms with Gasteiger partial charge in [-0.25, -0.2) is 0 Å². The van der Waals surface area contributed by atoms with Crippen LogP contribution in [0.2, 0.25) is 0 Å². The minimum Gasteiger partial charge on any atom is -0.393 e. The summed E-state index contributed by atoms with van der Waals surface area (Å²) in [4.78, 5) is 0. The number of hydrogen-bond donors (Lipinski definition) is 1. The summed E-state index contributed by atoms with van der Waals surface area (Å²) in [6.07, 6.45) is 2.84. The molecule has 1 N–H and O–H groups in total. The normalized spacial score (nSPS) is 23.8. The van der Waals surface area contributed by atoms with E-state index in [0.29, 0.717) is 17.3 Å². The van der Waals surface area contributed by atoms with Gasteiger partial charge in [-0.15, -0.1) is 0 Å². The van der Waals surface area contributed by atoms with Gasteiger partial charge >= 0.3 is 0 Å². The van der Waals surface area contributed by atoms with Crippen LogP contribution in [0, 0.1) is 17.3 Å². The molecule has 0 saturated carbocycles. The molecule has 0 bridgehead atoms. The molecule has 0 aromatic rings. The van der Waals surface area contributed by atoms with Crippen molar-refractivity contribution in [2.75, 3.05) is 13.2 Å². The van der Waals surface area contributed by atoms with Crippen molar-refractivity contribution in [1.82, 2.24) is 0 Å². The molecule has 0 radical (unpaired) electrons. The number of ether oxygens (including phenoxy) is 1. The molecule has 0 aromatic heterocycles. The van der Waals surface area contributed by atoms with E-state index in [1.165, 1.54) is 0 Å². The number of rotatable bonds is 3. The van der Waals surface area contributed by atoms with Crippen LogP contribution >= 0.6 is 0 Å². The van der Waals surface area contributed by atoms with Gasteiger partial charge in [-0.05, 0) is 36.5 Å². The quantitative estimate of drug-likeness (QED) is 0.783. The second kappa shape index (κ2) is 5.31. The highest BCUT2D eigenvalue weighted by Gasteiger charge is 2.28. The zero-order valence-electron chi connectivity index (χ0n) is 10.6. The van der Waals surface area contributed by atoms with Crippen LogP contribution in [0.4, 0.5) is 0 Å². The first-order chi connectivity index (χ1) is 6.91. The predicted molar refractivity (Wildman–Crippen MR) is 62.8 cm³/mol. The summed E-state index contributed by atoms with van der Waals surface area (Å²) in [5.41, 5.74) is 0.298. The first-order valence-corrected chi connectivity index (χ1v) is 6.17. The summed E-state index contributed by atoms with van der Waals surface area (Å²) in [6.45, 7) is 10.6. The summed E-state index contributed by atoms with van der Waals surface area (Å²) in [5.74, 6) is 1.03. The van der Waals surface area contributed by atoms with Crippen LogP contribution in [-0.4, -0.2) is 24.4 Å². The Kier molecular flexibility index (Phi) is 4.60. The molecular weight excluding hydrogens is 188 g/mol. The fourth-order valence-corrected chi connectivity index (χ4v) is 2.01. The van der Waals surface area contributed by atoms with E-state index in [4.69, 9.17) is 4.74 Å². The largest absolute Gasteiger partial charge is 0.393 e. The maximum atomic E-state index is 10.2. The van der Waals surface area contributed by atoms with Crippen molar-refractivity contribution in [2.24, 2.45) is 17.3 Å². The highest BCUT2D eigenvalue weighted by Crippen LogP contribution is 2.32. The van der Waals surface area contributed by atoms with Crippen LogP contribution in [0.25, 0.3) is 0 Å². The van der Waals surface area contributed by atoms with E-state index in [1.807, 2.05) is 0 Å². The molecular formula is C13H26O2. The Morgan fingerprint density at radius 2 is 1.80 bits per heavy atom. The summed E-state index contributed by atoms with van der Waals surface area (Å²) in [6, 6.07) is 0. The van der Waals surface area contributed by atoms with E-state index >= 15 is 0 Å². The molecule has 1 aliphatic heterocycles. The maximum absolute atomic E-state index is 10.2. The van der Waals surface area contributed by atoms with Crippen molar-refractivity contribution in [3.05, 3.63) is 0 Å². The molecule has 0 aromatic carbocycles. The van der Waals surface area contributed by atoms with Crippen molar-refractivity contribution in [1.29, 1.82) is 0 Å². The van der Waals surface area contributed by atoms with Crippen molar-refractivity contribution >= 4 is 0 Å². The average molecular weight is 214 g/mol. The fourth-order valence-electron chi connectivity index (χ4n) is 2.01. The summed E-state index contributed by atoms with van der Waals surface area (Å²) < 4.78 is 5.31. The van der Waals surface area contributed by atoms with Gasteiger partial charge in [-0.2, -0.15) is 0 Å². The molecule has 1 fully saturated rings. The molecule has 90 valence electrons. The highest BCUT2D eigenvalue weighted by atomic mass is 16.5. The van der Waals surface area contributed by atoms with Gasteiger partial charge in [0.2, 0.25) is 0 Å². The first kappa shape index (κ1) is 13.0. The number of aliphatic hydroxyl groups is 1. The van der Waals surface area contributed by atoms with Gasteiger partial charge in [0.25, 0.3) is 0 Å². The van der Waals surface area contributed by atoms with Crippen molar-refractivity contribution < 1.29 is 9.84 Å². The average Bonchev–Trinajstić information content (AvgIpc) is 2.17. The van der Waals surface area contributed by atoms with E-state index in [1.54, 1.807) is 0 Å². The molecule has 1 heterocycles. The molecule has 1 saturated heterocycles. The number of aliphatic hydroxyl groups excluding tert-OH is 1. The summed E-state index contributed by atoms with van der Waals surface area (Å²) >= 11 is 0. The molecule has 2 unspecified atom stereocenters. The van der Waals surface area contributed by atoms with Gasteiger partial charge in [0.1, 0.15) is 0 Å². The first-order valence-electron chi connectivity index (χ1n) is 6.17. The lowest BCUT2D eigenvalue weighted by atomic mass is 9.76. The molecule has 0 aliphatic carbocycles. The zero-order chi connectivity index (χ0) is 11.5. The second-order valence-corrected chi connectivity index (χ2v) is 6.02. The van der Waals surface area contributed by atoms with Gasteiger partial charge in [0.05, 0.1) is 6.10 Å². The fraction of sp³-hybridized carbons (Fsp3) is 1.00. The van der Waals surface area contributed by atoms with Crippen LogP contribution in [0.1, 0.15) is 47.0 Å². The van der Waals surface area contributed by atoms with Crippen LogP contribution in [0.5, 0.6) is 0 Å². The standard InChI is InChI=1S/C13H26O2/c1-10(13(2,3)4)9-12(14)11-5-7-15-8-6-11/h10-12,14H,5-9H2,1-4H3. The van der Waals surface area contributed by atoms with E-state index in [2.05, 4.69) is 27.7 Å². The van der Waals surface area contributed by atoms with Crippen LogP contribution < -0.4 is 0 Å². The lowest BCUT2D eigenvalue weighted by Crippen LogP contribution is -2.31. The van der Waals surface area contributed by atoms with Crippen molar-refractivity contribution in [3.8, 4) is 0 Å². The van der Waals surface area contributed by atoms with Crippen LogP contribution in [-0.2, 0) is 4.74 Å². The third-order valence-electron chi connectivity index (χ3n) is 3.88. The van der Waals surface area contributed by atoms with Gasteiger partial charge in [-0.1, -0.05) is 27.7 Å². The SMILES string of the molecule is CC(CC(O)C1CCOCC1)C(C)(C)C.